The van der Waals surface area contributed by atoms with Gasteiger partial charge in [-0.05, 0) is 5.56 Å². The molecule has 1 aromatic rings. The lowest BCUT2D eigenvalue weighted by molar-refractivity contribution is 0.241. The highest BCUT2D eigenvalue weighted by Crippen LogP contribution is 1.96. The van der Waals surface area contributed by atoms with Crippen LogP contribution >= 0.6 is 0 Å². The highest BCUT2D eigenvalue weighted by Gasteiger charge is 2.04. The van der Waals surface area contributed by atoms with Gasteiger partial charge in [0.2, 0.25) is 10.0 Å². The second-order valence-corrected chi connectivity index (χ2v) is 5.20. The predicted molar refractivity (Wildman–Crippen MR) is 64.7 cm³/mol. The molecule has 94 valence electrons. The van der Waals surface area contributed by atoms with Crippen LogP contribution in [0.1, 0.15) is 5.56 Å². The Labute approximate surface area is 100 Å². The summed E-state index contributed by atoms with van der Waals surface area (Å²) < 4.78 is 21.2. The molecule has 6 nitrogen and oxygen atoms in total. The van der Waals surface area contributed by atoms with Crippen LogP contribution in [-0.4, -0.2) is 26.7 Å². The van der Waals surface area contributed by atoms with Crippen molar-refractivity contribution in [2.45, 2.75) is 6.54 Å². The van der Waals surface area contributed by atoms with Gasteiger partial charge in [-0.25, -0.2) is 18.4 Å². The molecule has 17 heavy (non-hydrogen) atoms. The fraction of sp³-hybridized carbons (Fsp3) is 0.300. The van der Waals surface area contributed by atoms with Crippen LogP contribution < -0.4 is 15.8 Å². The molecule has 2 amide bonds. The molecule has 0 atom stereocenters. The molecule has 0 unspecified atom stereocenters. The fourth-order valence-corrected chi connectivity index (χ4v) is 1.53. The lowest BCUT2D eigenvalue weighted by Crippen LogP contribution is -2.38. The largest absolute Gasteiger partial charge is 0.337 e. The molecule has 0 heterocycles. The third-order valence-corrected chi connectivity index (χ3v) is 2.74. The van der Waals surface area contributed by atoms with Gasteiger partial charge in [-0.2, -0.15) is 0 Å². The molecule has 1 rings (SSSR count). The predicted octanol–water partition coefficient (Wildman–Crippen LogP) is -0.226. The quantitative estimate of drug-likeness (QED) is 0.679. The van der Waals surface area contributed by atoms with Crippen molar-refractivity contribution in [2.75, 3.05) is 12.3 Å². The molecule has 0 radical (unpaired) electrons. The van der Waals surface area contributed by atoms with E-state index in [2.05, 4.69) is 10.6 Å². The van der Waals surface area contributed by atoms with Crippen LogP contribution in [0.5, 0.6) is 0 Å². The van der Waals surface area contributed by atoms with E-state index in [1.807, 2.05) is 30.3 Å². The second kappa shape index (κ2) is 6.21. The smallest absolute Gasteiger partial charge is 0.315 e. The number of nitrogens with two attached hydrogens (primary N) is 1. The molecule has 0 saturated heterocycles. The van der Waals surface area contributed by atoms with Gasteiger partial charge in [0.05, 0.1) is 5.75 Å². The molecule has 0 saturated carbocycles. The molecule has 1 aromatic carbocycles. The summed E-state index contributed by atoms with van der Waals surface area (Å²) in [6.07, 6.45) is 0. The number of urea groups is 1. The first-order valence-corrected chi connectivity index (χ1v) is 6.75. The van der Waals surface area contributed by atoms with E-state index in [1.54, 1.807) is 0 Å². The lowest BCUT2D eigenvalue weighted by atomic mass is 10.2. The average Bonchev–Trinajstić information content (AvgIpc) is 2.26. The Bertz CT molecular complexity index is 459. The van der Waals surface area contributed by atoms with Crippen LogP contribution in [0.4, 0.5) is 4.79 Å². The van der Waals surface area contributed by atoms with Gasteiger partial charge in [0, 0.05) is 13.1 Å². The minimum absolute atomic E-state index is 0.000539. The normalized spacial score (nSPS) is 10.9. The van der Waals surface area contributed by atoms with Gasteiger partial charge in [-0.3, -0.25) is 0 Å². The van der Waals surface area contributed by atoms with E-state index in [-0.39, 0.29) is 12.3 Å². The first kappa shape index (κ1) is 13.5. The zero-order valence-corrected chi connectivity index (χ0v) is 10.0. The van der Waals surface area contributed by atoms with E-state index in [4.69, 9.17) is 5.14 Å². The van der Waals surface area contributed by atoms with Gasteiger partial charge >= 0.3 is 6.03 Å². The Morgan fingerprint density at radius 2 is 1.82 bits per heavy atom. The van der Waals surface area contributed by atoms with Crippen molar-refractivity contribution >= 4 is 16.1 Å². The van der Waals surface area contributed by atoms with Gasteiger partial charge in [-0.1, -0.05) is 30.3 Å². The first-order valence-electron chi connectivity index (χ1n) is 5.03. The Morgan fingerprint density at radius 3 is 2.41 bits per heavy atom. The van der Waals surface area contributed by atoms with Gasteiger partial charge in [0.1, 0.15) is 0 Å². The van der Waals surface area contributed by atoms with Crippen molar-refractivity contribution in [3.8, 4) is 0 Å². The van der Waals surface area contributed by atoms with Crippen LogP contribution in [0.3, 0.4) is 0 Å². The molecular weight excluding hydrogens is 242 g/mol. The van der Waals surface area contributed by atoms with E-state index >= 15 is 0 Å². The highest BCUT2D eigenvalue weighted by molar-refractivity contribution is 7.89. The molecule has 7 heteroatoms. The summed E-state index contributed by atoms with van der Waals surface area (Å²) in [5, 5.41) is 9.79. The summed E-state index contributed by atoms with van der Waals surface area (Å²) in [6.45, 7) is 0.390. The monoisotopic (exact) mass is 257 g/mol. The summed E-state index contributed by atoms with van der Waals surface area (Å²) >= 11 is 0. The molecule has 0 aliphatic rings. The van der Waals surface area contributed by atoms with Crippen molar-refractivity contribution < 1.29 is 13.2 Å². The Balaban J connectivity index is 2.22. The molecule has 0 bridgehead atoms. The van der Waals surface area contributed by atoms with Gasteiger partial charge in [-0.15, -0.1) is 0 Å². The number of carbonyl (C=O) groups is 1. The van der Waals surface area contributed by atoms with E-state index < -0.39 is 16.1 Å². The maximum atomic E-state index is 11.2. The van der Waals surface area contributed by atoms with Crippen LogP contribution in [-0.2, 0) is 16.6 Å². The molecule has 0 fully saturated rings. The van der Waals surface area contributed by atoms with Gasteiger partial charge in [0.25, 0.3) is 0 Å². The summed E-state index contributed by atoms with van der Waals surface area (Å²) in [5.41, 5.74) is 0.967. The standard InChI is InChI=1S/C10H15N3O3S/c11-17(15,16)7-6-12-10(14)13-8-9-4-2-1-3-5-9/h1-5H,6-8H2,(H2,11,15,16)(H2,12,13,14). The highest BCUT2D eigenvalue weighted by atomic mass is 32.2. The fourth-order valence-electron chi connectivity index (χ4n) is 1.15. The minimum atomic E-state index is -3.53. The first-order chi connectivity index (χ1) is 7.97. The Morgan fingerprint density at radius 1 is 1.18 bits per heavy atom. The molecular formula is C10H15N3O3S. The van der Waals surface area contributed by atoms with Crippen molar-refractivity contribution in [3.05, 3.63) is 35.9 Å². The summed E-state index contributed by atoms with van der Waals surface area (Å²) in [6, 6.07) is 8.97. The lowest BCUT2D eigenvalue weighted by Gasteiger charge is -2.06. The molecule has 0 aromatic heterocycles. The number of hydrogen-bond donors (Lipinski definition) is 3. The zero-order valence-electron chi connectivity index (χ0n) is 9.22. The van der Waals surface area contributed by atoms with Crippen LogP contribution in [0, 0.1) is 0 Å². The summed E-state index contributed by atoms with van der Waals surface area (Å²) in [5.74, 6) is -0.272. The maximum absolute atomic E-state index is 11.2. The third-order valence-electron chi connectivity index (χ3n) is 1.97. The van der Waals surface area contributed by atoms with Crippen LogP contribution in [0.25, 0.3) is 0 Å². The van der Waals surface area contributed by atoms with E-state index in [1.165, 1.54) is 0 Å². The third kappa shape index (κ3) is 6.54. The number of sulfonamides is 1. The van der Waals surface area contributed by atoms with Crippen LogP contribution in [0.2, 0.25) is 0 Å². The van der Waals surface area contributed by atoms with Crippen molar-refractivity contribution in [2.24, 2.45) is 5.14 Å². The van der Waals surface area contributed by atoms with Crippen molar-refractivity contribution in [1.82, 2.24) is 10.6 Å². The molecule has 0 spiro atoms. The number of hydrogen-bond acceptors (Lipinski definition) is 3. The zero-order chi connectivity index (χ0) is 12.7. The number of nitrogens with one attached hydrogen (secondary N) is 2. The second-order valence-electron chi connectivity index (χ2n) is 3.46. The van der Waals surface area contributed by atoms with E-state index in [0.717, 1.165) is 5.56 Å². The van der Waals surface area contributed by atoms with Gasteiger partial charge < -0.3 is 10.6 Å². The van der Waals surface area contributed by atoms with E-state index in [0.29, 0.717) is 6.54 Å². The molecule has 4 N–H and O–H groups in total. The van der Waals surface area contributed by atoms with Gasteiger partial charge in [0.15, 0.2) is 0 Å². The van der Waals surface area contributed by atoms with Crippen molar-refractivity contribution in [1.29, 1.82) is 0 Å². The van der Waals surface area contributed by atoms with Crippen LogP contribution in [0.15, 0.2) is 30.3 Å². The average molecular weight is 257 g/mol. The van der Waals surface area contributed by atoms with E-state index in [9.17, 15) is 13.2 Å². The maximum Gasteiger partial charge on any atom is 0.315 e. The Kier molecular flexibility index (Phi) is 4.92. The number of rotatable bonds is 5. The van der Waals surface area contributed by atoms with Crippen molar-refractivity contribution in [3.63, 3.8) is 0 Å². The SMILES string of the molecule is NS(=O)(=O)CCNC(=O)NCc1ccccc1. The molecule has 0 aliphatic heterocycles. The Hall–Kier alpha value is -1.60. The summed E-state index contributed by atoms with van der Waals surface area (Å²) in [4.78, 5) is 11.2. The molecule has 0 aliphatic carbocycles. The minimum Gasteiger partial charge on any atom is -0.337 e. The topological polar surface area (TPSA) is 101 Å². The summed E-state index contributed by atoms with van der Waals surface area (Å²) in [7, 11) is -3.53. The number of amides is 2. The number of carbonyl (C=O) groups excluding carboxylic acids is 1. The number of primary sulfonamides is 1. The number of benzene rings is 1.